The summed E-state index contributed by atoms with van der Waals surface area (Å²) in [5, 5.41) is 8.72. The summed E-state index contributed by atoms with van der Waals surface area (Å²) in [6, 6.07) is 8.04. The Morgan fingerprint density at radius 2 is 1.94 bits per heavy atom. The first-order valence-corrected chi connectivity index (χ1v) is 6.66. The highest BCUT2D eigenvalue weighted by Gasteiger charge is 2.06. The first kappa shape index (κ1) is 13.3. The smallest absolute Gasteiger partial charge is 0.207 e. The second kappa shape index (κ2) is 6.13. The van der Waals surface area contributed by atoms with Gasteiger partial charge in [0.15, 0.2) is 0 Å². The van der Waals surface area contributed by atoms with Gasteiger partial charge < -0.3 is 4.74 Å². The molecule has 2 rings (SSSR count). The normalized spacial score (nSPS) is 10.9. The Balaban J connectivity index is 1.91. The number of aromatic nitrogens is 2. The summed E-state index contributed by atoms with van der Waals surface area (Å²) >= 11 is 7.16. The van der Waals surface area contributed by atoms with Gasteiger partial charge in [0.25, 0.3) is 0 Å². The summed E-state index contributed by atoms with van der Waals surface area (Å²) in [5.41, 5.74) is 1.23. The number of hydrogen-bond acceptors (Lipinski definition) is 5. The van der Waals surface area contributed by atoms with Crippen LogP contribution in [-0.2, 0) is 13.1 Å². The maximum absolute atomic E-state index is 5.75. The van der Waals surface area contributed by atoms with E-state index >= 15 is 0 Å². The molecule has 0 saturated carbocycles. The Morgan fingerprint density at radius 3 is 2.50 bits per heavy atom. The van der Waals surface area contributed by atoms with E-state index in [1.165, 1.54) is 16.9 Å². The van der Waals surface area contributed by atoms with Crippen molar-refractivity contribution in [3.63, 3.8) is 0 Å². The van der Waals surface area contributed by atoms with Crippen LogP contribution in [0.25, 0.3) is 0 Å². The molecule has 0 saturated heterocycles. The minimum Gasteiger partial charge on any atom is -0.497 e. The highest BCUT2D eigenvalue weighted by atomic mass is 35.5. The van der Waals surface area contributed by atoms with E-state index < -0.39 is 0 Å². The van der Waals surface area contributed by atoms with Crippen LogP contribution < -0.4 is 4.74 Å². The Labute approximate surface area is 115 Å². The molecule has 0 aliphatic heterocycles. The van der Waals surface area contributed by atoms with Gasteiger partial charge in [-0.25, -0.2) is 0 Å². The molecule has 0 bridgehead atoms. The molecule has 0 fully saturated rings. The van der Waals surface area contributed by atoms with Crippen molar-refractivity contribution >= 4 is 22.9 Å². The van der Waals surface area contributed by atoms with Gasteiger partial charge in [0.05, 0.1) is 13.7 Å². The molecule has 6 heteroatoms. The lowest BCUT2D eigenvalue weighted by Crippen LogP contribution is -2.17. The van der Waals surface area contributed by atoms with E-state index in [-0.39, 0.29) is 0 Å². The van der Waals surface area contributed by atoms with Gasteiger partial charge in [0, 0.05) is 6.54 Å². The fourth-order valence-corrected chi connectivity index (χ4v) is 2.57. The zero-order valence-electron chi connectivity index (χ0n) is 10.3. The topological polar surface area (TPSA) is 38.2 Å². The molecule has 0 N–H and O–H groups in total. The molecule has 1 aromatic heterocycles. The van der Waals surface area contributed by atoms with Crippen molar-refractivity contribution in [2.45, 2.75) is 13.1 Å². The molecule has 0 unspecified atom stereocenters. The van der Waals surface area contributed by atoms with Gasteiger partial charge in [-0.05, 0) is 36.3 Å². The van der Waals surface area contributed by atoms with E-state index in [4.69, 9.17) is 16.3 Å². The van der Waals surface area contributed by atoms with Crippen molar-refractivity contribution in [1.82, 2.24) is 15.1 Å². The number of methoxy groups -OCH3 is 1. The van der Waals surface area contributed by atoms with Crippen molar-refractivity contribution in [2.75, 3.05) is 14.2 Å². The number of nitrogens with zero attached hydrogens (tertiary/aromatic N) is 3. The van der Waals surface area contributed by atoms with Crippen LogP contribution in [0.3, 0.4) is 0 Å². The molecule has 0 amide bonds. The fourth-order valence-electron chi connectivity index (χ4n) is 1.63. The molecule has 0 aliphatic rings. The predicted molar refractivity (Wildman–Crippen MR) is 73.1 cm³/mol. The van der Waals surface area contributed by atoms with Crippen molar-refractivity contribution in [3.8, 4) is 5.75 Å². The number of benzene rings is 1. The van der Waals surface area contributed by atoms with E-state index in [1.807, 2.05) is 19.2 Å². The second-order valence-electron chi connectivity index (χ2n) is 3.97. The fraction of sp³-hybridized carbons (Fsp3) is 0.333. The number of hydrogen-bond donors (Lipinski definition) is 0. The Hall–Kier alpha value is -1.17. The summed E-state index contributed by atoms with van der Waals surface area (Å²) in [5.74, 6) is 0.873. The molecule has 0 aliphatic carbocycles. The van der Waals surface area contributed by atoms with Gasteiger partial charge in [-0.1, -0.05) is 23.5 Å². The first-order chi connectivity index (χ1) is 8.67. The quantitative estimate of drug-likeness (QED) is 0.846. The van der Waals surface area contributed by atoms with Crippen molar-refractivity contribution in [3.05, 3.63) is 39.3 Å². The predicted octanol–water partition coefficient (Wildman–Crippen LogP) is 2.83. The molecule has 4 nitrogen and oxygen atoms in total. The molecule has 0 spiro atoms. The third-order valence-electron chi connectivity index (χ3n) is 2.46. The lowest BCUT2D eigenvalue weighted by molar-refractivity contribution is 0.317. The van der Waals surface area contributed by atoms with Crippen LogP contribution in [0, 0.1) is 0 Å². The Kier molecular flexibility index (Phi) is 4.52. The SMILES string of the molecule is COc1ccc(CN(C)Cc2nnc(Cl)s2)cc1. The van der Waals surface area contributed by atoms with Crippen molar-refractivity contribution in [1.29, 1.82) is 0 Å². The van der Waals surface area contributed by atoms with Gasteiger partial charge in [0.1, 0.15) is 10.8 Å². The van der Waals surface area contributed by atoms with Crippen LogP contribution in [-0.4, -0.2) is 29.3 Å². The Bertz CT molecular complexity index is 500. The number of rotatable bonds is 5. The maximum Gasteiger partial charge on any atom is 0.207 e. The lowest BCUT2D eigenvalue weighted by atomic mass is 10.2. The lowest BCUT2D eigenvalue weighted by Gasteiger charge is -2.14. The first-order valence-electron chi connectivity index (χ1n) is 5.46. The van der Waals surface area contributed by atoms with Crippen molar-refractivity contribution in [2.24, 2.45) is 0 Å². The van der Waals surface area contributed by atoms with Gasteiger partial charge in [-0.2, -0.15) is 0 Å². The molecule has 18 heavy (non-hydrogen) atoms. The summed E-state index contributed by atoms with van der Waals surface area (Å²) in [4.78, 5) is 2.17. The molecule has 1 aromatic carbocycles. The van der Waals surface area contributed by atoms with Crippen molar-refractivity contribution < 1.29 is 4.74 Å². The monoisotopic (exact) mass is 283 g/mol. The van der Waals surface area contributed by atoms with Crippen LogP contribution in [0.2, 0.25) is 4.47 Å². The van der Waals surface area contributed by atoms with E-state index in [2.05, 4.69) is 27.2 Å². The zero-order chi connectivity index (χ0) is 13.0. The van der Waals surface area contributed by atoms with Crippen LogP contribution in [0.15, 0.2) is 24.3 Å². The minimum atomic E-state index is 0.489. The highest BCUT2D eigenvalue weighted by molar-refractivity contribution is 7.15. The second-order valence-corrected chi connectivity index (χ2v) is 5.61. The van der Waals surface area contributed by atoms with Crippen LogP contribution in [0.5, 0.6) is 5.75 Å². The minimum absolute atomic E-state index is 0.489. The van der Waals surface area contributed by atoms with Crippen LogP contribution in [0.1, 0.15) is 10.6 Å². The average Bonchev–Trinajstić information content (AvgIpc) is 2.75. The van der Waals surface area contributed by atoms with Crippen LogP contribution in [0.4, 0.5) is 0 Å². The van der Waals surface area contributed by atoms with Crippen LogP contribution >= 0.6 is 22.9 Å². The zero-order valence-corrected chi connectivity index (χ0v) is 11.8. The summed E-state index contributed by atoms with van der Waals surface area (Å²) < 4.78 is 5.62. The molecular weight excluding hydrogens is 270 g/mol. The molecule has 96 valence electrons. The van der Waals surface area contributed by atoms with E-state index in [0.717, 1.165) is 23.8 Å². The summed E-state index contributed by atoms with van der Waals surface area (Å²) in [6.45, 7) is 1.59. The van der Waals surface area contributed by atoms with Gasteiger partial charge >= 0.3 is 0 Å². The summed E-state index contributed by atoms with van der Waals surface area (Å²) in [6.07, 6.45) is 0. The number of halogens is 1. The molecule has 0 radical (unpaired) electrons. The molecular formula is C12H14ClN3OS. The van der Waals surface area contributed by atoms with E-state index in [0.29, 0.717) is 4.47 Å². The van der Waals surface area contributed by atoms with Gasteiger partial charge in [0.2, 0.25) is 4.47 Å². The molecule has 2 aromatic rings. The Morgan fingerprint density at radius 1 is 1.22 bits per heavy atom. The average molecular weight is 284 g/mol. The maximum atomic E-state index is 5.75. The highest BCUT2D eigenvalue weighted by Crippen LogP contribution is 2.17. The third kappa shape index (κ3) is 3.66. The largest absolute Gasteiger partial charge is 0.497 e. The van der Waals surface area contributed by atoms with Gasteiger partial charge in [-0.15, -0.1) is 10.2 Å². The third-order valence-corrected chi connectivity index (χ3v) is 3.46. The molecule has 1 heterocycles. The standard InChI is InChI=1S/C12H14ClN3OS/c1-16(8-11-14-15-12(13)18-11)7-9-3-5-10(17-2)6-4-9/h3-6H,7-8H2,1-2H3. The number of ether oxygens (including phenoxy) is 1. The molecule has 0 atom stereocenters. The van der Waals surface area contributed by atoms with E-state index in [9.17, 15) is 0 Å². The summed E-state index contributed by atoms with van der Waals surface area (Å²) in [7, 11) is 3.71. The van der Waals surface area contributed by atoms with Gasteiger partial charge in [-0.3, -0.25) is 4.90 Å². The van der Waals surface area contributed by atoms with E-state index in [1.54, 1.807) is 7.11 Å².